The quantitative estimate of drug-likeness (QED) is 0.924. The molecule has 2 unspecified atom stereocenters. The Balaban J connectivity index is 3.08. The molecule has 0 aliphatic carbocycles. The third-order valence-corrected chi connectivity index (χ3v) is 5.21. The van der Waals surface area contributed by atoms with Crippen LogP contribution in [-0.4, -0.2) is 27.0 Å². The van der Waals surface area contributed by atoms with Crippen molar-refractivity contribution in [3.8, 4) is 0 Å². The van der Waals surface area contributed by atoms with E-state index in [1.165, 1.54) is 11.8 Å². The molecule has 0 saturated carbocycles. The number of sulfone groups is 1. The Morgan fingerprint density at radius 1 is 1.11 bits per heavy atom. The van der Waals surface area contributed by atoms with Gasteiger partial charge >= 0.3 is 0 Å². The maximum atomic E-state index is 11.7. The minimum absolute atomic E-state index is 0.107. The molecule has 0 radical (unpaired) electrons. The van der Waals surface area contributed by atoms with Gasteiger partial charge in [-0.25, -0.2) is 8.42 Å². The van der Waals surface area contributed by atoms with Crippen molar-refractivity contribution in [3.63, 3.8) is 0 Å². The highest BCUT2D eigenvalue weighted by Crippen LogP contribution is 2.26. The second kappa shape index (κ2) is 5.63. The summed E-state index contributed by atoms with van der Waals surface area (Å²) in [5.74, 6) is 0. The van der Waals surface area contributed by atoms with E-state index in [2.05, 4.69) is 38.2 Å². The molecule has 1 aromatic carbocycles. The summed E-state index contributed by atoms with van der Waals surface area (Å²) >= 11 is 0. The lowest BCUT2D eigenvalue weighted by molar-refractivity contribution is 0.534. The van der Waals surface area contributed by atoms with Gasteiger partial charge in [-0.2, -0.15) is 0 Å². The topological polar surface area (TPSA) is 46.2 Å². The zero-order chi connectivity index (χ0) is 14.8. The fourth-order valence-corrected chi connectivity index (χ4v) is 2.90. The molecule has 0 aliphatic heterocycles. The van der Waals surface area contributed by atoms with Crippen LogP contribution in [0.5, 0.6) is 0 Å². The lowest BCUT2D eigenvalue weighted by atomic mass is 9.86. The van der Waals surface area contributed by atoms with E-state index in [1.807, 2.05) is 12.1 Å². The van der Waals surface area contributed by atoms with Crippen molar-refractivity contribution in [3.05, 3.63) is 35.4 Å². The minimum atomic E-state index is -3.06. The molecule has 0 amide bonds. The van der Waals surface area contributed by atoms with E-state index in [-0.39, 0.29) is 11.5 Å². The maximum absolute atomic E-state index is 11.7. The lowest BCUT2D eigenvalue weighted by Crippen LogP contribution is -2.33. The predicted molar refractivity (Wildman–Crippen MR) is 81.2 cm³/mol. The van der Waals surface area contributed by atoms with Gasteiger partial charge in [-0.05, 0) is 30.5 Å². The van der Waals surface area contributed by atoms with Crippen LogP contribution < -0.4 is 5.32 Å². The first kappa shape index (κ1) is 16.2. The summed E-state index contributed by atoms with van der Waals surface area (Å²) in [6, 6.07) is 8.01. The highest BCUT2D eigenvalue weighted by molar-refractivity contribution is 7.91. The van der Waals surface area contributed by atoms with Crippen LogP contribution in [0.4, 0.5) is 0 Å². The van der Waals surface area contributed by atoms with Gasteiger partial charge in [-0.3, -0.25) is 0 Å². The van der Waals surface area contributed by atoms with Gasteiger partial charge in [0.15, 0.2) is 9.84 Å². The molecule has 0 spiro atoms. The minimum Gasteiger partial charge on any atom is -0.312 e. The van der Waals surface area contributed by atoms with E-state index in [9.17, 15) is 8.42 Å². The van der Waals surface area contributed by atoms with Crippen LogP contribution >= 0.6 is 0 Å². The van der Waals surface area contributed by atoms with Gasteiger partial charge in [0.05, 0.1) is 5.25 Å². The molecule has 0 saturated heterocycles. The zero-order valence-electron chi connectivity index (χ0n) is 12.7. The first-order chi connectivity index (χ1) is 8.57. The van der Waals surface area contributed by atoms with Crippen LogP contribution in [0.1, 0.15) is 44.9 Å². The van der Waals surface area contributed by atoms with E-state index in [0.717, 1.165) is 5.56 Å². The van der Waals surface area contributed by atoms with E-state index in [0.29, 0.717) is 0 Å². The Morgan fingerprint density at radius 3 is 1.89 bits per heavy atom. The molecule has 1 N–H and O–H groups in total. The average molecular weight is 283 g/mol. The summed E-state index contributed by atoms with van der Waals surface area (Å²) in [7, 11) is -1.27. The molecule has 108 valence electrons. The third-order valence-electron chi connectivity index (χ3n) is 3.59. The van der Waals surface area contributed by atoms with Gasteiger partial charge in [0.2, 0.25) is 0 Å². The van der Waals surface area contributed by atoms with Crippen LogP contribution in [0.15, 0.2) is 24.3 Å². The Kier molecular flexibility index (Phi) is 4.80. The lowest BCUT2D eigenvalue weighted by Gasteiger charge is -2.24. The molecule has 19 heavy (non-hydrogen) atoms. The molecule has 0 bridgehead atoms. The second-order valence-corrected chi connectivity index (χ2v) is 8.58. The van der Waals surface area contributed by atoms with Crippen molar-refractivity contribution in [1.82, 2.24) is 5.32 Å². The standard InChI is InChI=1S/C15H25NO2S/c1-11(19(6,17)18)14(16-5)12-7-9-13(10-8-12)15(2,3)4/h7-11,14,16H,1-6H3. The second-order valence-electron chi connectivity index (χ2n) is 6.17. The molecule has 4 heteroatoms. The largest absolute Gasteiger partial charge is 0.312 e. The first-order valence-electron chi connectivity index (χ1n) is 6.54. The molecular formula is C15H25NO2S. The van der Waals surface area contributed by atoms with Crippen LogP contribution in [0.25, 0.3) is 0 Å². The number of rotatable bonds is 4. The number of nitrogens with one attached hydrogen (secondary N) is 1. The highest BCUT2D eigenvalue weighted by atomic mass is 32.2. The smallest absolute Gasteiger partial charge is 0.151 e. The number of hydrogen-bond acceptors (Lipinski definition) is 3. The Bertz CT molecular complexity index is 512. The van der Waals surface area contributed by atoms with Crippen LogP contribution in [0.2, 0.25) is 0 Å². The fourth-order valence-electron chi connectivity index (χ4n) is 2.11. The number of hydrogen-bond donors (Lipinski definition) is 1. The molecular weight excluding hydrogens is 258 g/mol. The van der Waals surface area contributed by atoms with E-state index in [1.54, 1.807) is 14.0 Å². The van der Waals surface area contributed by atoms with Gasteiger partial charge in [-0.15, -0.1) is 0 Å². The summed E-state index contributed by atoms with van der Waals surface area (Å²) in [6.07, 6.45) is 1.28. The monoisotopic (exact) mass is 283 g/mol. The van der Waals surface area contributed by atoms with Crippen molar-refractivity contribution in [2.45, 2.75) is 44.4 Å². The van der Waals surface area contributed by atoms with Crippen molar-refractivity contribution in [2.75, 3.05) is 13.3 Å². The van der Waals surface area contributed by atoms with Crippen molar-refractivity contribution in [2.24, 2.45) is 0 Å². The van der Waals surface area contributed by atoms with E-state index >= 15 is 0 Å². The first-order valence-corrected chi connectivity index (χ1v) is 8.49. The van der Waals surface area contributed by atoms with Crippen molar-refractivity contribution in [1.29, 1.82) is 0 Å². The van der Waals surface area contributed by atoms with E-state index < -0.39 is 15.1 Å². The maximum Gasteiger partial charge on any atom is 0.151 e. The number of benzene rings is 1. The normalized spacial score (nSPS) is 16.1. The predicted octanol–water partition coefficient (Wildman–Crippen LogP) is 2.68. The van der Waals surface area contributed by atoms with Gasteiger partial charge in [0.1, 0.15) is 0 Å². The summed E-state index contributed by atoms with van der Waals surface area (Å²) in [5, 5.41) is 2.66. The van der Waals surface area contributed by atoms with Crippen LogP contribution in [-0.2, 0) is 15.3 Å². The van der Waals surface area contributed by atoms with Gasteiger partial charge in [0.25, 0.3) is 0 Å². The summed E-state index contributed by atoms with van der Waals surface area (Å²) < 4.78 is 23.4. The summed E-state index contributed by atoms with van der Waals surface area (Å²) in [5.41, 5.74) is 2.36. The zero-order valence-corrected chi connectivity index (χ0v) is 13.5. The highest BCUT2D eigenvalue weighted by Gasteiger charge is 2.26. The molecule has 2 atom stereocenters. The molecule has 0 heterocycles. The molecule has 1 rings (SSSR count). The summed E-state index contributed by atoms with van der Waals surface area (Å²) in [4.78, 5) is 0. The molecule has 0 aliphatic rings. The molecule has 1 aromatic rings. The Labute approximate surface area is 117 Å². The average Bonchev–Trinajstić information content (AvgIpc) is 2.28. The summed E-state index contributed by atoms with van der Waals surface area (Å²) in [6.45, 7) is 8.23. The SMILES string of the molecule is CNC(c1ccc(C(C)(C)C)cc1)C(C)S(C)(=O)=O. The molecule has 0 fully saturated rings. The van der Waals surface area contributed by atoms with Gasteiger partial charge < -0.3 is 5.32 Å². The van der Waals surface area contributed by atoms with Crippen molar-refractivity contribution >= 4 is 9.84 Å². The van der Waals surface area contributed by atoms with Crippen LogP contribution in [0, 0.1) is 0 Å². The Morgan fingerprint density at radius 2 is 1.58 bits per heavy atom. The third kappa shape index (κ3) is 4.05. The molecule has 3 nitrogen and oxygen atoms in total. The van der Waals surface area contributed by atoms with Crippen LogP contribution in [0.3, 0.4) is 0 Å². The molecule has 0 aromatic heterocycles. The van der Waals surface area contributed by atoms with E-state index in [4.69, 9.17) is 0 Å². The van der Waals surface area contributed by atoms with Crippen molar-refractivity contribution < 1.29 is 8.42 Å². The fraction of sp³-hybridized carbons (Fsp3) is 0.600. The van der Waals surface area contributed by atoms with Gasteiger partial charge in [-0.1, -0.05) is 45.0 Å². The Hall–Kier alpha value is -0.870. The van der Waals surface area contributed by atoms with Gasteiger partial charge in [0, 0.05) is 12.3 Å².